The van der Waals surface area contributed by atoms with E-state index < -0.39 is 6.03 Å². The summed E-state index contributed by atoms with van der Waals surface area (Å²) in [5.74, 6) is 1.53. The summed E-state index contributed by atoms with van der Waals surface area (Å²) in [5, 5.41) is 5.65. The zero-order valence-corrected chi connectivity index (χ0v) is 14.4. The second kappa shape index (κ2) is 8.31. The monoisotopic (exact) mass is 350 g/mol. The number of hydrogen-bond acceptors (Lipinski definition) is 4. The van der Waals surface area contributed by atoms with Crippen LogP contribution in [0.15, 0.2) is 36.4 Å². The highest BCUT2D eigenvalue weighted by Gasteiger charge is 2.12. The lowest BCUT2D eigenvalue weighted by Gasteiger charge is -2.14. The van der Waals surface area contributed by atoms with Gasteiger partial charge in [-0.15, -0.1) is 0 Å². The highest BCUT2D eigenvalue weighted by molar-refractivity contribution is 6.32. The predicted molar refractivity (Wildman–Crippen MR) is 93.4 cm³/mol. The van der Waals surface area contributed by atoms with E-state index in [1.54, 1.807) is 12.1 Å². The van der Waals surface area contributed by atoms with Crippen LogP contribution in [0.25, 0.3) is 0 Å². The number of nitrogens with one attached hydrogen (secondary N) is 2. The van der Waals surface area contributed by atoms with Gasteiger partial charge in [-0.1, -0.05) is 29.3 Å². The first-order valence-electron chi connectivity index (χ1n) is 7.19. The number of anilines is 1. The van der Waals surface area contributed by atoms with Gasteiger partial charge >= 0.3 is 6.03 Å². The van der Waals surface area contributed by atoms with E-state index in [1.165, 1.54) is 14.2 Å². The van der Waals surface area contributed by atoms with Crippen LogP contribution in [0.3, 0.4) is 0 Å². The predicted octanol–water partition coefficient (Wildman–Crippen LogP) is 3.82. The highest BCUT2D eigenvalue weighted by atomic mass is 35.5. The van der Waals surface area contributed by atoms with Crippen molar-refractivity contribution in [3.05, 3.63) is 47.0 Å². The number of aryl methyl sites for hydroxylation is 1. The fourth-order valence-corrected chi connectivity index (χ4v) is 2.17. The lowest BCUT2D eigenvalue weighted by molar-refractivity contribution is 0.234. The molecule has 2 amide bonds. The van der Waals surface area contributed by atoms with Gasteiger partial charge in [-0.3, -0.25) is 0 Å². The van der Waals surface area contributed by atoms with Crippen LogP contribution in [0.5, 0.6) is 17.2 Å². The maximum absolute atomic E-state index is 12.0. The minimum absolute atomic E-state index is 0.0297. The Morgan fingerprint density at radius 1 is 1.08 bits per heavy atom. The average molecular weight is 351 g/mol. The van der Waals surface area contributed by atoms with Gasteiger partial charge in [-0.25, -0.2) is 4.79 Å². The quantitative estimate of drug-likeness (QED) is 0.777. The summed E-state index contributed by atoms with van der Waals surface area (Å²) in [6, 6.07) is 10.2. The Balaban J connectivity index is 1.93. The normalized spacial score (nSPS) is 10.0. The molecule has 2 aromatic rings. The highest BCUT2D eigenvalue weighted by Crippen LogP contribution is 2.35. The van der Waals surface area contributed by atoms with Gasteiger partial charge in [0.25, 0.3) is 0 Å². The Hall–Kier alpha value is -2.60. The molecule has 0 saturated carbocycles. The van der Waals surface area contributed by atoms with Crippen LogP contribution in [-0.4, -0.2) is 27.0 Å². The molecule has 0 heterocycles. The third kappa shape index (κ3) is 4.70. The molecule has 0 aromatic heterocycles. The maximum atomic E-state index is 12.0. The van der Waals surface area contributed by atoms with Crippen molar-refractivity contribution in [3.8, 4) is 17.2 Å². The molecule has 2 rings (SSSR count). The number of carbonyl (C=O) groups is 1. The number of halogens is 1. The van der Waals surface area contributed by atoms with Crippen LogP contribution >= 0.6 is 11.6 Å². The molecule has 0 fully saturated rings. The summed E-state index contributed by atoms with van der Waals surface area (Å²) in [5.41, 5.74) is 1.57. The number of benzene rings is 2. The molecular formula is C17H19ClN2O4. The van der Waals surface area contributed by atoms with Gasteiger partial charge in [0.2, 0.25) is 0 Å². The molecule has 24 heavy (non-hydrogen) atoms. The van der Waals surface area contributed by atoms with Crippen LogP contribution in [0.4, 0.5) is 10.5 Å². The molecule has 0 aliphatic carbocycles. The summed E-state index contributed by atoms with van der Waals surface area (Å²) >= 11 is 6.03. The summed E-state index contributed by atoms with van der Waals surface area (Å²) in [6.07, 6.45) is 0. The Kier molecular flexibility index (Phi) is 6.14. The minimum atomic E-state index is -0.440. The molecule has 2 N–H and O–H groups in total. The zero-order valence-electron chi connectivity index (χ0n) is 13.7. The topological polar surface area (TPSA) is 68.8 Å². The van der Waals surface area contributed by atoms with Crippen molar-refractivity contribution in [2.45, 2.75) is 6.92 Å². The van der Waals surface area contributed by atoms with E-state index in [4.69, 9.17) is 25.8 Å². The first-order chi connectivity index (χ1) is 11.5. The second-order valence-electron chi connectivity index (χ2n) is 4.92. The molecule has 0 saturated heterocycles. The van der Waals surface area contributed by atoms with E-state index in [-0.39, 0.29) is 6.73 Å². The molecule has 2 aromatic carbocycles. The second-order valence-corrected chi connectivity index (χ2v) is 5.33. The number of ether oxygens (including phenoxy) is 3. The Labute approximate surface area is 145 Å². The maximum Gasteiger partial charge on any atom is 0.321 e. The van der Waals surface area contributed by atoms with Crippen LogP contribution in [0.2, 0.25) is 5.02 Å². The van der Waals surface area contributed by atoms with Crippen molar-refractivity contribution in [1.29, 1.82) is 0 Å². The van der Waals surface area contributed by atoms with Crippen LogP contribution in [0, 0.1) is 6.92 Å². The lowest BCUT2D eigenvalue weighted by atomic mass is 10.2. The summed E-state index contributed by atoms with van der Waals surface area (Å²) in [6.45, 7) is 2.02. The van der Waals surface area contributed by atoms with E-state index >= 15 is 0 Å². The molecule has 0 atom stereocenters. The Bertz CT molecular complexity index is 704. The third-order valence-corrected chi connectivity index (χ3v) is 3.51. The molecule has 0 aliphatic heterocycles. The van der Waals surface area contributed by atoms with E-state index in [9.17, 15) is 4.79 Å². The van der Waals surface area contributed by atoms with E-state index in [0.29, 0.717) is 28.0 Å². The summed E-state index contributed by atoms with van der Waals surface area (Å²) in [4.78, 5) is 12.0. The number of urea groups is 1. The first kappa shape index (κ1) is 17.7. The van der Waals surface area contributed by atoms with Crippen LogP contribution < -0.4 is 24.8 Å². The van der Waals surface area contributed by atoms with E-state index in [0.717, 1.165) is 5.56 Å². The summed E-state index contributed by atoms with van der Waals surface area (Å²) < 4.78 is 15.8. The van der Waals surface area contributed by atoms with E-state index in [2.05, 4.69) is 10.6 Å². The van der Waals surface area contributed by atoms with Crippen molar-refractivity contribution in [2.75, 3.05) is 26.3 Å². The smallest absolute Gasteiger partial charge is 0.321 e. The lowest BCUT2D eigenvalue weighted by Crippen LogP contribution is -2.32. The van der Waals surface area contributed by atoms with Gasteiger partial charge in [0, 0.05) is 12.1 Å². The number of amides is 2. The number of hydrogen-bond donors (Lipinski definition) is 2. The number of rotatable bonds is 6. The average Bonchev–Trinajstić information content (AvgIpc) is 2.57. The molecule has 0 radical (unpaired) electrons. The molecule has 0 unspecified atom stereocenters. The number of methoxy groups -OCH3 is 2. The van der Waals surface area contributed by atoms with E-state index in [1.807, 2.05) is 31.2 Å². The van der Waals surface area contributed by atoms with Crippen molar-refractivity contribution in [3.63, 3.8) is 0 Å². The first-order valence-corrected chi connectivity index (χ1v) is 7.57. The Morgan fingerprint density at radius 2 is 1.75 bits per heavy atom. The van der Waals surface area contributed by atoms with Crippen LogP contribution in [-0.2, 0) is 0 Å². The molecule has 0 spiro atoms. The summed E-state index contributed by atoms with van der Waals surface area (Å²) in [7, 11) is 2.98. The SMILES string of the molecule is COc1cc(NC(=O)NCOc2ccc(C)cc2)c(OC)cc1Cl. The van der Waals surface area contributed by atoms with Crippen molar-refractivity contribution in [2.24, 2.45) is 0 Å². The minimum Gasteiger partial charge on any atom is -0.495 e. The number of carbonyl (C=O) groups excluding carboxylic acids is 1. The van der Waals surface area contributed by atoms with Crippen molar-refractivity contribution in [1.82, 2.24) is 5.32 Å². The zero-order chi connectivity index (χ0) is 17.5. The molecule has 7 heteroatoms. The van der Waals surface area contributed by atoms with Crippen molar-refractivity contribution >= 4 is 23.3 Å². The fraction of sp³-hybridized carbons (Fsp3) is 0.235. The van der Waals surface area contributed by atoms with Crippen molar-refractivity contribution < 1.29 is 19.0 Å². The molecule has 0 aliphatic rings. The van der Waals surface area contributed by atoms with Gasteiger partial charge in [0.05, 0.1) is 24.9 Å². The Morgan fingerprint density at radius 3 is 2.38 bits per heavy atom. The van der Waals surface area contributed by atoms with Gasteiger partial charge in [-0.05, 0) is 19.1 Å². The fourth-order valence-electron chi connectivity index (χ4n) is 1.94. The van der Waals surface area contributed by atoms with Gasteiger partial charge < -0.3 is 24.8 Å². The molecule has 128 valence electrons. The molecule has 6 nitrogen and oxygen atoms in total. The largest absolute Gasteiger partial charge is 0.495 e. The molecular weight excluding hydrogens is 332 g/mol. The van der Waals surface area contributed by atoms with Gasteiger partial charge in [0.15, 0.2) is 6.73 Å². The van der Waals surface area contributed by atoms with Crippen LogP contribution in [0.1, 0.15) is 5.56 Å². The van der Waals surface area contributed by atoms with Gasteiger partial charge in [-0.2, -0.15) is 0 Å². The van der Waals surface area contributed by atoms with Gasteiger partial charge in [0.1, 0.15) is 17.2 Å². The molecule has 0 bridgehead atoms. The third-order valence-electron chi connectivity index (χ3n) is 3.21. The standard InChI is InChI=1S/C17H19ClN2O4/c1-11-4-6-12(7-5-11)24-10-19-17(21)20-14-9-15(22-2)13(18)8-16(14)23-3/h4-9H,10H2,1-3H3,(H2,19,20,21).